The summed E-state index contributed by atoms with van der Waals surface area (Å²) in [4.78, 5) is 26.7. The monoisotopic (exact) mass is 391 g/mol. The third-order valence-corrected chi connectivity index (χ3v) is 4.58. The molecule has 1 aromatic rings. The second-order valence-corrected chi connectivity index (χ2v) is 8.66. The Labute approximate surface area is 165 Å². The second kappa shape index (κ2) is 7.81. The van der Waals surface area contributed by atoms with Crippen LogP contribution in [0.3, 0.4) is 0 Å². The second-order valence-electron chi connectivity index (χ2n) is 8.66. The lowest BCUT2D eigenvalue weighted by Gasteiger charge is -2.40. The van der Waals surface area contributed by atoms with Crippen molar-refractivity contribution in [2.24, 2.45) is 0 Å². The summed E-state index contributed by atoms with van der Waals surface area (Å²) in [5.41, 5.74) is 0.359. The fraction of sp³-hybridized carbons (Fsp3) is 0.619. The van der Waals surface area contributed by atoms with Gasteiger partial charge in [-0.05, 0) is 40.2 Å². The molecule has 2 heterocycles. The van der Waals surface area contributed by atoms with E-state index in [9.17, 15) is 9.59 Å². The van der Waals surface area contributed by atoms with Gasteiger partial charge >= 0.3 is 6.09 Å². The lowest BCUT2D eigenvalue weighted by molar-refractivity contribution is -0.154. The molecule has 2 aliphatic heterocycles. The molecule has 2 fully saturated rings. The zero-order valence-electron chi connectivity index (χ0n) is 17.1. The number of fused-ring (bicyclic) bond motifs is 1. The molecule has 2 saturated heterocycles. The summed E-state index contributed by atoms with van der Waals surface area (Å²) in [6, 6.07) is 9.28. The van der Waals surface area contributed by atoms with Crippen molar-refractivity contribution in [3.05, 3.63) is 35.9 Å². The Kier molecular flexibility index (Phi) is 5.79. The van der Waals surface area contributed by atoms with E-state index in [0.717, 1.165) is 5.56 Å². The van der Waals surface area contributed by atoms with E-state index in [2.05, 4.69) is 0 Å². The smallest absolute Gasteiger partial charge is 0.411 e. The zero-order chi connectivity index (χ0) is 20.5. The van der Waals surface area contributed by atoms with E-state index in [0.29, 0.717) is 6.61 Å². The Morgan fingerprint density at radius 2 is 1.89 bits per heavy atom. The number of ketones is 1. The summed E-state index contributed by atoms with van der Waals surface area (Å²) >= 11 is 0. The van der Waals surface area contributed by atoms with Gasteiger partial charge in [-0.25, -0.2) is 4.79 Å². The number of hydrogen-bond donors (Lipinski definition) is 0. The van der Waals surface area contributed by atoms with Crippen molar-refractivity contribution in [3.63, 3.8) is 0 Å². The van der Waals surface area contributed by atoms with E-state index in [4.69, 9.17) is 18.9 Å². The van der Waals surface area contributed by atoms with Crippen molar-refractivity contribution < 1.29 is 28.5 Å². The largest absolute Gasteiger partial charge is 0.444 e. The first-order chi connectivity index (χ1) is 13.1. The Morgan fingerprint density at radius 1 is 1.21 bits per heavy atom. The van der Waals surface area contributed by atoms with Crippen molar-refractivity contribution in [3.8, 4) is 0 Å². The molecular weight excluding hydrogens is 362 g/mol. The molecule has 0 N–H and O–H groups in total. The first kappa shape index (κ1) is 20.8. The van der Waals surface area contributed by atoms with Crippen LogP contribution in [-0.2, 0) is 30.3 Å². The highest BCUT2D eigenvalue weighted by atomic mass is 16.8. The quantitative estimate of drug-likeness (QED) is 0.786. The maximum Gasteiger partial charge on any atom is 0.411 e. The molecule has 1 amide bonds. The van der Waals surface area contributed by atoms with E-state index >= 15 is 0 Å². The number of likely N-dealkylation sites (tertiary alicyclic amines) is 1. The molecule has 3 rings (SSSR count). The molecule has 0 radical (unpaired) electrons. The predicted molar refractivity (Wildman–Crippen MR) is 102 cm³/mol. The predicted octanol–water partition coefficient (Wildman–Crippen LogP) is 2.91. The van der Waals surface area contributed by atoms with Gasteiger partial charge in [0.15, 0.2) is 11.6 Å². The molecule has 7 nitrogen and oxygen atoms in total. The van der Waals surface area contributed by atoms with Crippen molar-refractivity contribution >= 4 is 11.9 Å². The van der Waals surface area contributed by atoms with Gasteiger partial charge in [-0.15, -0.1) is 0 Å². The number of rotatable bonds is 4. The summed E-state index contributed by atoms with van der Waals surface area (Å²) < 4.78 is 23.1. The van der Waals surface area contributed by atoms with E-state index < -0.39 is 35.7 Å². The summed E-state index contributed by atoms with van der Waals surface area (Å²) in [5.74, 6) is -1.09. The molecule has 0 saturated carbocycles. The highest BCUT2D eigenvalue weighted by Gasteiger charge is 2.55. The molecule has 2 aliphatic rings. The van der Waals surface area contributed by atoms with Crippen LogP contribution in [0.5, 0.6) is 0 Å². The Balaban J connectivity index is 1.76. The van der Waals surface area contributed by atoms with Gasteiger partial charge in [-0.2, -0.15) is 0 Å². The van der Waals surface area contributed by atoms with Crippen LogP contribution in [0.2, 0.25) is 0 Å². The molecule has 0 unspecified atom stereocenters. The summed E-state index contributed by atoms with van der Waals surface area (Å²) in [6.07, 6.45) is -1.86. The van der Waals surface area contributed by atoms with Gasteiger partial charge in [0, 0.05) is 0 Å². The number of amides is 1. The fourth-order valence-electron chi connectivity index (χ4n) is 3.45. The Hall–Kier alpha value is -1.96. The van der Waals surface area contributed by atoms with Crippen LogP contribution in [-0.4, -0.2) is 59.6 Å². The normalized spacial score (nSPS) is 26.8. The number of hydrogen-bond acceptors (Lipinski definition) is 6. The molecule has 7 heteroatoms. The van der Waals surface area contributed by atoms with E-state index in [-0.39, 0.29) is 18.9 Å². The van der Waals surface area contributed by atoms with Gasteiger partial charge in [-0.1, -0.05) is 30.3 Å². The van der Waals surface area contributed by atoms with Gasteiger partial charge < -0.3 is 18.9 Å². The van der Waals surface area contributed by atoms with Crippen LogP contribution >= 0.6 is 0 Å². The summed E-state index contributed by atoms with van der Waals surface area (Å²) in [5, 5.41) is 0. The lowest BCUT2D eigenvalue weighted by atomic mass is 9.96. The van der Waals surface area contributed by atoms with Crippen molar-refractivity contribution in [1.29, 1.82) is 0 Å². The van der Waals surface area contributed by atoms with Crippen LogP contribution in [0, 0.1) is 0 Å². The maximum absolute atomic E-state index is 12.8. The number of benzene rings is 1. The minimum absolute atomic E-state index is 0.0884. The third-order valence-electron chi connectivity index (χ3n) is 4.58. The highest BCUT2D eigenvalue weighted by Crippen LogP contribution is 2.35. The highest BCUT2D eigenvalue weighted by molar-refractivity contribution is 5.90. The first-order valence-corrected chi connectivity index (χ1v) is 9.55. The lowest BCUT2D eigenvalue weighted by Crippen LogP contribution is -2.62. The molecule has 0 aromatic heterocycles. The van der Waals surface area contributed by atoms with E-state index in [1.165, 1.54) is 4.90 Å². The molecule has 154 valence electrons. The molecule has 1 aromatic carbocycles. The number of nitrogens with zero attached hydrogens (tertiary/aromatic N) is 1. The number of carbonyl (C=O) groups is 2. The number of Topliss-reactive ketones (excluding diaryl/α,β-unsaturated/α-hetero) is 1. The van der Waals surface area contributed by atoms with Gasteiger partial charge in [0.1, 0.15) is 17.8 Å². The van der Waals surface area contributed by atoms with Crippen molar-refractivity contribution in [1.82, 2.24) is 4.90 Å². The third kappa shape index (κ3) is 4.90. The topological polar surface area (TPSA) is 74.3 Å². The molecular formula is C21H29NO6. The minimum Gasteiger partial charge on any atom is -0.444 e. The van der Waals surface area contributed by atoms with Crippen LogP contribution in [0.4, 0.5) is 4.79 Å². The number of ether oxygens (including phenoxy) is 4. The molecule has 28 heavy (non-hydrogen) atoms. The zero-order valence-corrected chi connectivity index (χ0v) is 17.1. The standard InChI is InChI=1S/C21H29NO6/c1-20(2,3)28-19(24)22-11-16(23)18-17(26-21(4,5)27-18)15(22)13-25-12-14-9-7-6-8-10-14/h6-10,15,17-18H,11-13H2,1-5H3/t15-,17+,18-/m1/s1. The average molecular weight is 391 g/mol. The molecule has 3 atom stereocenters. The van der Waals surface area contributed by atoms with Crippen LogP contribution in [0.1, 0.15) is 40.2 Å². The van der Waals surface area contributed by atoms with Crippen LogP contribution in [0.25, 0.3) is 0 Å². The number of carbonyl (C=O) groups excluding carboxylic acids is 2. The summed E-state index contributed by atoms with van der Waals surface area (Å²) in [7, 11) is 0. The Morgan fingerprint density at radius 3 is 2.54 bits per heavy atom. The fourth-order valence-corrected chi connectivity index (χ4v) is 3.45. The van der Waals surface area contributed by atoms with Crippen LogP contribution < -0.4 is 0 Å². The van der Waals surface area contributed by atoms with Gasteiger partial charge in [-0.3, -0.25) is 9.69 Å². The van der Waals surface area contributed by atoms with Crippen LogP contribution in [0.15, 0.2) is 30.3 Å². The maximum atomic E-state index is 12.8. The minimum atomic E-state index is -0.896. The Bertz CT molecular complexity index is 711. The first-order valence-electron chi connectivity index (χ1n) is 9.55. The average Bonchev–Trinajstić information content (AvgIpc) is 2.92. The summed E-state index contributed by atoms with van der Waals surface area (Å²) in [6.45, 7) is 9.42. The van der Waals surface area contributed by atoms with E-state index in [1.54, 1.807) is 34.6 Å². The van der Waals surface area contributed by atoms with E-state index in [1.807, 2.05) is 30.3 Å². The van der Waals surface area contributed by atoms with Crippen molar-refractivity contribution in [2.45, 2.75) is 70.9 Å². The SMILES string of the molecule is CC(C)(C)OC(=O)N1CC(=O)[C@H]2OC(C)(C)O[C@H]2[C@H]1COCc1ccccc1. The van der Waals surface area contributed by atoms with Crippen molar-refractivity contribution in [2.75, 3.05) is 13.2 Å². The van der Waals surface area contributed by atoms with Gasteiger partial charge in [0.2, 0.25) is 0 Å². The van der Waals surface area contributed by atoms with Gasteiger partial charge in [0.05, 0.1) is 25.8 Å². The molecule has 0 bridgehead atoms. The molecule has 0 aliphatic carbocycles. The van der Waals surface area contributed by atoms with Gasteiger partial charge in [0.25, 0.3) is 0 Å². The number of piperidine rings is 1. The molecule has 0 spiro atoms.